The number of likely N-dealkylation sites (N-methyl/N-ethyl adjacent to an activating group) is 1. The van der Waals surface area contributed by atoms with Gasteiger partial charge in [0.1, 0.15) is 5.69 Å². The standard InChI is InChI=1S/C13H20N4O3/c1-4-16(3)8-7-15-13(18)10-5-6-11(14-2)12(9-10)17(19)20/h5-6,9,14H,4,7-8H2,1-3H3,(H,15,18). The van der Waals surface area contributed by atoms with Crippen LogP contribution in [0.1, 0.15) is 17.3 Å². The van der Waals surface area contributed by atoms with Crippen LogP contribution < -0.4 is 10.6 Å². The van der Waals surface area contributed by atoms with Gasteiger partial charge in [-0.15, -0.1) is 0 Å². The summed E-state index contributed by atoms with van der Waals surface area (Å²) in [5.74, 6) is -0.305. The molecule has 7 nitrogen and oxygen atoms in total. The van der Waals surface area contributed by atoms with Crippen LogP contribution in [-0.2, 0) is 0 Å². The maximum atomic E-state index is 11.9. The summed E-state index contributed by atoms with van der Waals surface area (Å²) in [6.45, 7) is 4.17. The van der Waals surface area contributed by atoms with Crippen LogP contribution in [0.5, 0.6) is 0 Å². The van der Waals surface area contributed by atoms with Gasteiger partial charge in [0.2, 0.25) is 0 Å². The Bertz CT molecular complexity index is 491. The van der Waals surface area contributed by atoms with Crippen LogP contribution in [0.3, 0.4) is 0 Å². The topological polar surface area (TPSA) is 87.5 Å². The van der Waals surface area contributed by atoms with E-state index in [1.807, 2.05) is 14.0 Å². The summed E-state index contributed by atoms with van der Waals surface area (Å²) >= 11 is 0. The van der Waals surface area contributed by atoms with Crippen LogP contribution in [0, 0.1) is 10.1 Å². The van der Waals surface area contributed by atoms with E-state index < -0.39 is 4.92 Å². The van der Waals surface area contributed by atoms with Crippen molar-refractivity contribution in [1.82, 2.24) is 10.2 Å². The molecule has 0 aromatic heterocycles. The maximum absolute atomic E-state index is 11.9. The van der Waals surface area contributed by atoms with Crippen molar-refractivity contribution < 1.29 is 9.72 Å². The van der Waals surface area contributed by atoms with E-state index >= 15 is 0 Å². The molecule has 0 fully saturated rings. The van der Waals surface area contributed by atoms with Crippen molar-refractivity contribution in [1.29, 1.82) is 0 Å². The predicted octanol–water partition coefficient (Wildman–Crippen LogP) is 1.32. The van der Waals surface area contributed by atoms with Gasteiger partial charge in [0.25, 0.3) is 11.6 Å². The minimum atomic E-state index is -0.506. The van der Waals surface area contributed by atoms with Gasteiger partial charge in [-0.3, -0.25) is 14.9 Å². The van der Waals surface area contributed by atoms with Gasteiger partial charge in [0.15, 0.2) is 0 Å². The first-order valence-corrected chi connectivity index (χ1v) is 6.42. The molecule has 0 aliphatic carbocycles. The first-order valence-electron chi connectivity index (χ1n) is 6.42. The Morgan fingerprint density at radius 2 is 2.15 bits per heavy atom. The molecule has 0 radical (unpaired) electrons. The molecule has 0 saturated heterocycles. The van der Waals surface area contributed by atoms with Crippen molar-refractivity contribution in [3.63, 3.8) is 0 Å². The lowest BCUT2D eigenvalue weighted by atomic mass is 10.1. The fourth-order valence-electron chi connectivity index (χ4n) is 1.66. The zero-order chi connectivity index (χ0) is 15.1. The molecule has 0 unspecified atom stereocenters. The Morgan fingerprint density at radius 3 is 2.70 bits per heavy atom. The third-order valence-corrected chi connectivity index (χ3v) is 3.04. The van der Waals surface area contributed by atoms with E-state index in [2.05, 4.69) is 15.5 Å². The Morgan fingerprint density at radius 1 is 1.45 bits per heavy atom. The van der Waals surface area contributed by atoms with Gasteiger partial charge in [-0.1, -0.05) is 6.92 Å². The number of carbonyl (C=O) groups excluding carboxylic acids is 1. The van der Waals surface area contributed by atoms with Crippen LogP contribution in [0.2, 0.25) is 0 Å². The van der Waals surface area contributed by atoms with Gasteiger partial charge in [0.05, 0.1) is 4.92 Å². The number of rotatable bonds is 7. The Hall–Kier alpha value is -2.15. The number of carbonyl (C=O) groups is 1. The molecular formula is C13H20N4O3. The summed E-state index contributed by atoms with van der Waals surface area (Å²) in [4.78, 5) is 24.4. The largest absolute Gasteiger partial charge is 0.383 e. The lowest BCUT2D eigenvalue weighted by Crippen LogP contribution is -2.32. The summed E-state index contributed by atoms with van der Waals surface area (Å²) in [7, 11) is 3.56. The molecular weight excluding hydrogens is 260 g/mol. The highest BCUT2D eigenvalue weighted by atomic mass is 16.6. The molecule has 2 N–H and O–H groups in total. The number of nitrogens with one attached hydrogen (secondary N) is 2. The van der Waals surface area contributed by atoms with E-state index in [4.69, 9.17) is 0 Å². The van der Waals surface area contributed by atoms with Crippen LogP contribution >= 0.6 is 0 Å². The smallest absolute Gasteiger partial charge is 0.293 e. The fraction of sp³-hybridized carbons (Fsp3) is 0.462. The number of nitrogens with zero attached hydrogens (tertiary/aromatic N) is 2. The van der Waals surface area contributed by atoms with Gasteiger partial charge < -0.3 is 15.5 Å². The molecule has 0 bridgehead atoms. The van der Waals surface area contributed by atoms with Crippen molar-refractivity contribution in [2.75, 3.05) is 39.0 Å². The summed E-state index contributed by atoms with van der Waals surface area (Å²) in [6, 6.07) is 4.38. The highest BCUT2D eigenvalue weighted by molar-refractivity contribution is 5.95. The molecule has 1 rings (SSSR count). The van der Waals surface area contributed by atoms with Crippen molar-refractivity contribution in [3.05, 3.63) is 33.9 Å². The van der Waals surface area contributed by atoms with Crippen LogP contribution in [0.25, 0.3) is 0 Å². The van der Waals surface area contributed by atoms with Gasteiger partial charge in [-0.25, -0.2) is 0 Å². The summed E-state index contributed by atoms with van der Waals surface area (Å²) in [5, 5.41) is 16.4. The first-order chi connectivity index (χ1) is 9.49. The second-order valence-electron chi connectivity index (χ2n) is 4.39. The van der Waals surface area contributed by atoms with Gasteiger partial charge >= 0.3 is 0 Å². The fourth-order valence-corrected chi connectivity index (χ4v) is 1.66. The Balaban J connectivity index is 2.74. The monoisotopic (exact) mass is 280 g/mol. The minimum Gasteiger partial charge on any atom is -0.383 e. The van der Waals surface area contributed by atoms with E-state index in [1.165, 1.54) is 12.1 Å². The Kier molecular flexibility index (Phi) is 5.92. The first kappa shape index (κ1) is 15.9. The summed E-state index contributed by atoms with van der Waals surface area (Å²) in [5.41, 5.74) is 0.568. The molecule has 7 heteroatoms. The SMILES string of the molecule is CCN(C)CCNC(=O)c1ccc(NC)c([N+](=O)[O-])c1. The highest BCUT2D eigenvalue weighted by Crippen LogP contribution is 2.24. The number of nitro groups is 1. The maximum Gasteiger partial charge on any atom is 0.293 e. The van der Waals surface area contributed by atoms with Crippen molar-refractivity contribution in [2.45, 2.75) is 6.92 Å². The number of hydrogen-bond donors (Lipinski definition) is 2. The van der Waals surface area contributed by atoms with Crippen LogP contribution in [-0.4, -0.2) is 49.5 Å². The second-order valence-corrected chi connectivity index (χ2v) is 4.39. The van der Waals surface area contributed by atoms with Crippen molar-refractivity contribution in [3.8, 4) is 0 Å². The number of nitro benzene ring substituents is 1. The quantitative estimate of drug-likeness (QED) is 0.581. The molecule has 1 amide bonds. The molecule has 0 aliphatic rings. The van der Waals surface area contributed by atoms with E-state index in [0.29, 0.717) is 12.2 Å². The molecule has 1 aromatic carbocycles. The number of benzene rings is 1. The minimum absolute atomic E-state index is 0.106. The van der Waals surface area contributed by atoms with Gasteiger partial charge in [-0.2, -0.15) is 0 Å². The Labute approximate surface area is 118 Å². The molecule has 0 heterocycles. The lowest BCUT2D eigenvalue weighted by molar-refractivity contribution is -0.384. The number of hydrogen-bond acceptors (Lipinski definition) is 5. The molecule has 20 heavy (non-hydrogen) atoms. The highest BCUT2D eigenvalue weighted by Gasteiger charge is 2.16. The second kappa shape index (κ2) is 7.44. The zero-order valence-electron chi connectivity index (χ0n) is 12.0. The van der Waals surface area contributed by atoms with Crippen LogP contribution in [0.4, 0.5) is 11.4 Å². The van der Waals surface area contributed by atoms with E-state index in [1.54, 1.807) is 13.1 Å². The summed E-state index contributed by atoms with van der Waals surface area (Å²) < 4.78 is 0. The van der Waals surface area contributed by atoms with Gasteiger partial charge in [-0.05, 0) is 25.7 Å². The van der Waals surface area contributed by atoms with E-state index in [-0.39, 0.29) is 17.2 Å². The summed E-state index contributed by atoms with van der Waals surface area (Å²) in [6.07, 6.45) is 0. The van der Waals surface area contributed by atoms with Crippen LogP contribution in [0.15, 0.2) is 18.2 Å². The zero-order valence-corrected chi connectivity index (χ0v) is 12.0. The predicted molar refractivity (Wildman–Crippen MR) is 78.1 cm³/mol. The van der Waals surface area contributed by atoms with Crippen molar-refractivity contribution >= 4 is 17.3 Å². The van der Waals surface area contributed by atoms with Gasteiger partial charge in [0, 0.05) is 31.8 Å². The lowest BCUT2D eigenvalue weighted by Gasteiger charge is -2.14. The molecule has 0 atom stereocenters. The molecule has 110 valence electrons. The third kappa shape index (κ3) is 4.20. The average molecular weight is 280 g/mol. The average Bonchev–Trinajstić information content (AvgIpc) is 2.45. The van der Waals surface area contributed by atoms with Crippen molar-refractivity contribution in [2.24, 2.45) is 0 Å². The molecule has 0 saturated carbocycles. The molecule has 1 aromatic rings. The molecule has 0 spiro atoms. The normalized spacial score (nSPS) is 10.4. The number of anilines is 1. The van der Waals surface area contributed by atoms with E-state index in [9.17, 15) is 14.9 Å². The third-order valence-electron chi connectivity index (χ3n) is 3.04. The van der Waals surface area contributed by atoms with E-state index in [0.717, 1.165) is 13.1 Å². The molecule has 0 aliphatic heterocycles. The number of amides is 1.